The van der Waals surface area contributed by atoms with Crippen LogP contribution in [0.5, 0.6) is 0 Å². The Kier molecular flexibility index (Phi) is 7.73. The van der Waals surface area contributed by atoms with Crippen molar-refractivity contribution >= 4 is 21.8 Å². The molecule has 0 heterocycles. The summed E-state index contributed by atoms with van der Waals surface area (Å²) < 4.78 is 31.8. The fourth-order valence-corrected chi connectivity index (χ4v) is 3.36. The Morgan fingerprint density at radius 2 is 1.73 bits per heavy atom. The molecule has 1 rings (SSSR count). The summed E-state index contributed by atoms with van der Waals surface area (Å²) in [6.07, 6.45) is 0. The van der Waals surface area contributed by atoms with Crippen molar-refractivity contribution in [3.8, 4) is 0 Å². The van der Waals surface area contributed by atoms with Crippen molar-refractivity contribution in [2.45, 2.75) is 44.2 Å². The number of sulfonamides is 1. The Hall–Kier alpha value is -1.97. The number of rotatable bonds is 8. The van der Waals surface area contributed by atoms with E-state index >= 15 is 0 Å². The van der Waals surface area contributed by atoms with E-state index in [9.17, 15) is 18.0 Å². The van der Waals surface area contributed by atoms with Gasteiger partial charge in [-0.05, 0) is 52.0 Å². The van der Waals surface area contributed by atoms with Gasteiger partial charge in [0.15, 0.2) is 0 Å². The van der Waals surface area contributed by atoms with Crippen LogP contribution in [-0.4, -0.2) is 52.1 Å². The lowest BCUT2D eigenvalue weighted by Crippen LogP contribution is -2.45. The van der Waals surface area contributed by atoms with Crippen molar-refractivity contribution < 1.29 is 22.7 Å². The maximum atomic E-state index is 12.2. The van der Waals surface area contributed by atoms with Crippen LogP contribution in [0.4, 0.5) is 0 Å². The standard InChI is InChI=1S/C17H27N3O5S/c1-12(11-25-5)20-26(23,24)14-8-6-13(7-9-14)16(22)18-10-15(21)19-17(2,3)4/h6-9,12,20H,10-11H2,1-5H3,(H,18,22)(H,19,21)/t12-/m0/s1. The maximum absolute atomic E-state index is 12.2. The van der Waals surface area contributed by atoms with Crippen molar-refractivity contribution in [2.75, 3.05) is 20.3 Å². The summed E-state index contributed by atoms with van der Waals surface area (Å²) in [6, 6.07) is 5.09. The summed E-state index contributed by atoms with van der Waals surface area (Å²) in [5, 5.41) is 5.23. The molecule has 0 aromatic heterocycles. The third-order valence-corrected chi connectivity index (χ3v) is 4.73. The minimum atomic E-state index is -3.70. The first kappa shape index (κ1) is 22.1. The minimum absolute atomic E-state index is 0.0440. The van der Waals surface area contributed by atoms with E-state index in [-0.39, 0.29) is 41.1 Å². The second-order valence-corrected chi connectivity index (χ2v) is 8.70. The lowest BCUT2D eigenvalue weighted by Gasteiger charge is -2.20. The van der Waals surface area contributed by atoms with E-state index in [1.807, 2.05) is 20.8 Å². The number of ether oxygens (including phenoxy) is 1. The summed E-state index contributed by atoms with van der Waals surface area (Å²) in [6.45, 7) is 7.29. The van der Waals surface area contributed by atoms with E-state index in [0.717, 1.165) is 0 Å². The molecular formula is C17H27N3O5S. The van der Waals surface area contributed by atoms with Crippen LogP contribution < -0.4 is 15.4 Å². The van der Waals surface area contributed by atoms with Gasteiger partial charge in [0.05, 0.1) is 18.0 Å². The SMILES string of the molecule is COC[C@H](C)NS(=O)(=O)c1ccc(C(=O)NCC(=O)NC(C)(C)C)cc1. The molecule has 9 heteroatoms. The molecule has 3 N–H and O–H groups in total. The number of benzene rings is 1. The van der Waals surface area contributed by atoms with Gasteiger partial charge in [-0.1, -0.05) is 0 Å². The first-order chi connectivity index (χ1) is 11.9. The Labute approximate surface area is 154 Å². The molecule has 0 bridgehead atoms. The second-order valence-electron chi connectivity index (χ2n) is 6.98. The molecule has 8 nitrogen and oxygen atoms in total. The number of carbonyl (C=O) groups is 2. The highest BCUT2D eigenvalue weighted by Gasteiger charge is 2.18. The molecule has 0 saturated heterocycles. The van der Waals surface area contributed by atoms with E-state index in [2.05, 4.69) is 15.4 Å². The van der Waals surface area contributed by atoms with E-state index in [0.29, 0.717) is 0 Å². The predicted octanol–water partition coefficient (Wildman–Crippen LogP) is 0.644. The molecule has 2 amide bonds. The molecule has 0 radical (unpaired) electrons. The summed E-state index contributed by atoms with van der Waals surface area (Å²) in [7, 11) is -2.21. The Morgan fingerprint density at radius 1 is 1.15 bits per heavy atom. The molecule has 0 spiro atoms. The predicted molar refractivity (Wildman–Crippen MR) is 98.3 cm³/mol. The molecule has 0 aliphatic rings. The van der Waals surface area contributed by atoms with Crippen LogP contribution in [0.15, 0.2) is 29.2 Å². The molecule has 1 aromatic rings. The summed E-state index contributed by atoms with van der Waals surface area (Å²) in [5.74, 6) is -0.764. The first-order valence-electron chi connectivity index (χ1n) is 8.15. The quantitative estimate of drug-likeness (QED) is 0.608. The number of hydrogen-bond donors (Lipinski definition) is 3. The lowest BCUT2D eigenvalue weighted by molar-refractivity contribution is -0.121. The number of nitrogens with one attached hydrogen (secondary N) is 3. The van der Waals surface area contributed by atoms with E-state index in [1.165, 1.54) is 31.4 Å². The highest BCUT2D eigenvalue weighted by Crippen LogP contribution is 2.11. The zero-order valence-electron chi connectivity index (χ0n) is 15.8. The lowest BCUT2D eigenvalue weighted by atomic mass is 10.1. The van der Waals surface area contributed by atoms with Gasteiger partial charge in [-0.15, -0.1) is 0 Å². The fourth-order valence-electron chi connectivity index (χ4n) is 2.13. The molecule has 0 unspecified atom stereocenters. The highest BCUT2D eigenvalue weighted by molar-refractivity contribution is 7.89. The Bertz CT molecular complexity index is 724. The van der Waals surface area contributed by atoms with Gasteiger partial charge in [-0.2, -0.15) is 0 Å². The van der Waals surface area contributed by atoms with Crippen LogP contribution in [0, 0.1) is 0 Å². The molecule has 0 fully saturated rings. The Balaban J connectivity index is 2.69. The van der Waals surface area contributed by atoms with Crippen molar-refractivity contribution in [3.05, 3.63) is 29.8 Å². The van der Waals surface area contributed by atoms with Crippen LogP contribution in [0.1, 0.15) is 38.1 Å². The van der Waals surface area contributed by atoms with Gasteiger partial charge in [-0.3, -0.25) is 9.59 Å². The maximum Gasteiger partial charge on any atom is 0.251 e. The van der Waals surface area contributed by atoms with Gasteiger partial charge >= 0.3 is 0 Å². The molecule has 26 heavy (non-hydrogen) atoms. The smallest absolute Gasteiger partial charge is 0.251 e. The number of amides is 2. The second kappa shape index (κ2) is 9.11. The van der Waals surface area contributed by atoms with Gasteiger partial charge in [0, 0.05) is 24.3 Å². The minimum Gasteiger partial charge on any atom is -0.383 e. The third kappa shape index (κ3) is 7.51. The Morgan fingerprint density at radius 3 is 2.23 bits per heavy atom. The molecule has 1 aromatic carbocycles. The van der Waals surface area contributed by atoms with Crippen LogP contribution in [0.3, 0.4) is 0 Å². The van der Waals surface area contributed by atoms with Gasteiger partial charge < -0.3 is 15.4 Å². The molecule has 146 valence electrons. The monoisotopic (exact) mass is 385 g/mol. The number of carbonyl (C=O) groups excluding carboxylic acids is 2. The van der Waals surface area contributed by atoms with Crippen molar-refractivity contribution in [1.82, 2.24) is 15.4 Å². The van der Waals surface area contributed by atoms with Gasteiger partial charge in [0.2, 0.25) is 15.9 Å². The van der Waals surface area contributed by atoms with Crippen LogP contribution in [0.2, 0.25) is 0 Å². The molecular weight excluding hydrogens is 358 g/mol. The topological polar surface area (TPSA) is 114 Å². The fraction of sp³-hybridized carbons (Fsp3) is 0.529. The van der Waals surface area contributed by atoms with Crippen molar-refractivity contribution in [3.63, 3.8) is 0 Å². The van der Waals surface area contributed by atoms with Gasteiger partial charge in [0.25, 0.3) is 5.91 Å². The summed E-state index contributed by atoms with van der Waals surface area (Å²) in [4.78, 5) is 23.8. The van der Waals surface area contributed by atoms with E-state index < -0.39 is 15.9 Å². The van der Waals surface area contributed by atoms with Crippen LogP contribution in [-0.2, 0) is 19.6 Å². The highest BCUT2D eigenvalue weighted by atomic mass is 32.2. The summed E-state index contributed by atoms with van der Waals surface area (Å²) in [5.41, 5.74) is -0.123. The van der Waals surface area contributed by atoms with E-state index in [4.69, 9.17) is 4.74 Å². The number of methoxy groups -OCH3 is 1. The van der Waals surface area contributed by atoms with E-state index in [1.54, 1.807) is 6.92 Å². The van der Waals surface area contributed by atoms with Gasteiger partial charge in [-0.25, -0.2) is 13.1 Å². The zero-order chi connectivity index (χ0) is 20.0. The van der Waals surface area contributed by atoms with Crippen molar-refractivity contribution in [2.24, 2.45) is 0 Å². The van der Waals surface area contributed by atoms with Gasteiger partial charge in [0.1, 0.15) is 0 Å². The zero-order valence-corrected chi connectivity index (χ0v) is 16.6. The normalized spacial score (nSPS) is 13.1. The average molecular weight is 385 g/mol. The largest absolute Gasteiger partial charge is 0.383 e. The molecule has 1 atom stereocenters. The first-order valence-corrected chi connectivity index (χ1v) is 9.63. The molecule has 0 aliphatic heterocycles. The molecule has 0 saturated carbocycles. The number of hydrogen-bond acceptors (Lipinski definition) is 5. The van der Waals surface area contributed by atoms with Crippen LogP contribution in [0.25, 0.3) is 0 Å². The van der Waals surface area contributed by atoms with Crippen LogP contribution >= 0.6 is 0 Å². The molecule has 0 aliphatic carbocycles. The summed E-state index contributed by atoms with van der Waals surface area (Å²) >= 11 is 0. The average Bonchev–Trinajstić information content (AvgIpc) is 2.51. The third-order valence-electron chi connectivity index (χ3n) is 3.12. The van der Waals surface area contributed by atoms with Crippen molar-refractivity contribution in [1.29, 1.82) is 0 Å².